The molecule has 4 heteroatoms. The zero-order chi connectivity index (χ0) is 36.5. The maximum atomic E-state index is 5.86. The summed E-state index contributed by atoms with van der Waals surface area (Å²) in [6, 6.07) is 61.9. The summed E-state index contributed by atoms with van der Waals surface area (Å²) in [4.78, 5) is 5.01. The number of para-hydroxylation sites is 1. The van der Waals surface area contributed by atoms with Crippen molar-refractivity contribution in [2.24, 2.45) is 0 Å². The second-order valence-electron chi connectivity index (χ2n) is 14.5. The lowest BCUT2D eigenvalue weighted by atomic mass is 9.94. The molecule has 1 aromatic heterocycles. The van der Waals surface area contributed by atoms with Gasteiger partial charge in [-0.3, -0.25) is 0 Å². The van der Waals surface area contributed by atoms with Crippen LogP contribution in [0.15, 0.2) is 188 Å². The van der Waals surface area contributed by atoms with E-state index in [1.807, 2.05) is 6.07 Å². The highest BCUT2D eigenvalue weighted by Gasteiger charge is 2.38. The van der Waals surface area contributed by atoms with Crippen molar-refractivity contribution in [1.29, 1.82) is 0 Å². The Hall–Kier alpha value is -7.04. The summed E-state index contributed by atoms with van der Waals surface area (Å²) in [6.07, 6.45) is 7.79. The number of aromatic nitrogens is 1. The summed E-state index contributed by atoms with van der Waals surface area (Å²) in [7, 11) is 1.74. The molecule has 2 aliphatic rings. The van der Waals surface area contributed by atoms with Gasteiger partial charge in [-0.05, 0) is 100 Å². The highest BCUT2D eigenvalue weighted by Crippen LogP contribution is 2.54. The van der Waals surface area contributed by atoms with Gasteiger partial charge in [0.2, 0.25) is 0 Å². The summed E-state index contributed by atoms with van der Waals surface area (Å²) >= 11 is 0. The maximum absolute atomic E-state index is 5.86. The first kappa shape index (κ1) is 31.5. The van der Waals surface area contributed by atoms with Crippen molar-refractivity contribution < 1.29 is 4.74 Å². The summed E-state index contributed by atoms with van der Waals surface area (Å²) in [5, 5.41) is 7.35. The lowest BCUT2D eigenvalue weighted by molar-refractivity contribution is 0.415. The van der Waals surface area contributed by atoms with E-state index < -0.39 is 0 Å². The van der Waals surface area contributed by atoms with Crippen molar-refractivity contribution in [2.45, 2.75) is 12.5 Å². The van der Waals surface area contributed by atoms with E-state index in [1.54, 1.807) is 7.11 Å². The fraction of sp³-hybridized carbons (Fsp3) is 0.0588. The fourth-order valence-electron chi connectivity index (χ4n) is 9.07. The lowest BCUT2D eigenvalue weighted by Crippen LogP contribution is -2.27. The summed E-state index contributed by atoms with van der Waals surface area (Å²) in [5.41, 5.74) is 11.8. The molecule has 0 fully saturated rings. The van der Waals surface area contributed by atoms with Gasteiger partial charge in [0.05, 0.1) is 41.2 Å². The van der Waals surface area contributed by atoms with Crippen molar-refractivity contribution in [3.05, 3.63) is 194 Å². The van der Waals surface area contributed by atoms with Crippen LogP contribution in [-0.2, 0) is 0 Å². The van der Waals surface area contributed by atoms with E-state index >= 15 is 0 Å². The first-order valence-electron chi connectivity index (χ1n) is 19.0. The number of nitrogens with zero attached hydrogens (tertiary/aromatic N) is 3. The lowest BCUT2D eigenvalue weighted by Gasteiger charge is -2.29. The maximum Gasteiger partial charge on any atom is 0.120 e. The summed E-state index contributed by atoms with van der Waals surface area (Å²) in [6.45, 7) is 0. The Morgan fingerprint density at radius 1 is 0.582 bits per heavy atom. The minimum atomic E-state index is 0.181. The topological polar surface area (TPSA) is 20.6 Å². The predicted octanol–water partition coefficient (Wildman–Crippen LogP) is 13.4. The van der Waals surface area contributed by atoms with E-state index in [-0.39, 0.29) is 6.04 Å². The van der Waals surface area contributed by atoms with Gasteiger partial charge in [0, 0.05) is 39.5 Å². The number of methoxy groups -OCH3 is 1. The number of ether oxygens (including phenoxy) is 1. The smallest absolute Gasteiger partial charge is 0.120 e. The molecule has 0 bridgehead atoms. The van der Waals surface area contributed by atoms with Gasteiger partial charge in [0.25, 0.3) is 0 Å². The van der Waals surface area contributed by atoms with Gasteiger partial charge >= 0.3 is 0 Å². The Kier molecular flexibility index (Phi) is 7.17. The molecule has 8 aromatic carbocycles. The van der Waals surface area contributed by atoms with Crippen LogP contribution in [0.1, 0.15) is 12.0 Å². The number of hydrogen-bond acceptors (Lipinski definition) is 3. The van der Waals surface area contributed by atoms with Crippen molar-refractivity contribution in [2.75, 3.05) is 16.9 Å². The van der Waals surface area contributed by atoms with Gasteiger partial charge in [-0.2, -0.15) is 0 Å². The van der Waals surface area contributed by atoms with Crippen LogP contribution >= 0.6 is 0 Å². The standard InChI is InChI=1S/C51H37N3O/c1-55-41-18-10-17-38(33-41)54(48-25-11-23-46-50(48)42-19-6-8-21-44(42)52(46)39-29-27-34-13-2-4-15-36(34)31-39)49-26-12-24-47-51(49)43-20-7-9-22-45(43)53(47)40-30-28-35-14-3-5-16-37(35)32-40/h2-21,23-33,45H,22H2,1H3. The van der Waals surface area contributed by atoms with Gasteiger partial charge < -0.3 is 19.1 Å². The Labute approximate surface area is 320 Å². The second kappa shape index (κ2) is 12.5. The molecule has 1 aliphatic heterocycles. The highest BCUT2D eigenvalue weighted by atomic mass is 16.5. The number of hydrogen-bond donors (Lipinski definition) is 0. The summed E-state index contributed by atoms with van der Waals surface area (Å²) < 4.78 is 8.28. The van der Waals surface area contributed by atoms with E-state index in [0.29, 0.717) is 0 Å². The quantitative estimate of drug-likeness (QED) is 0.172. The Bertz CT molecular complexity index is 3040. The third-order valence-corrected chi connectivity index (χ3v) is 11.5. The molecule has 0 saturated carbocycles. The normalized spacial score (nSPS) is 14.7. The molecule has 9 aromatic rings. The van der Waals surface area contributed by atoms with Crippen LogP contribution in [0.4, 0.5) is 28.4 Å². The Morgan fingerprint density at radius 3 is 2.07 bits per heavy atom. The molecule has 0 radical (unpaired) electrons. The van der Waals surface area contributed by atoms with Crippen molar-refractivity contribution >= 4 is 77.4 Å². The van der Waals surface area contributed by atoms with Gasteiger partial charge in [0.1, 0.15) is 5.75 Å². The van der Waals surface area contributed by atoms with Crippen LogP contribution in [0.3, 0.4) is 0 Å². The van der Waals surface area contributed by atoms with Gasteiger partial charge in [-0.25, -0.2) is 0 Å². The first-order valence-corrected chi connectivity index (χ1v) is 19.0. The highest BCUT2D eigenvalue weighted by molar-refractivity contribution is 6.17. The minimum Gasteiger partial charge on any atom is -0.497 e. The van der Waals surface area contributed by atoms with Crippen molar-refractivity contribution in [3.63, 3.8) is 0 Å². The largest absolute Gasteiger partial charge is 0.497 e. The van der Waals surface area contributed by atoms with Gasteiger partial charge in [-0.1, -0.05) is 115 Å². The number of allylic oxidation sites excluding steroid dienone is 2. The van der Waals surface area contributed by atoms with E-state index in [2.05, 4.69) is 196 Å². The van der Waals surface area contributed by atoms with Crippen LogP contribution in [-0.4, -0.2) is 17.7 Å². The van der Waals surface area contributed by atoms with E-state index in [4.69, 9.17) is 4.74 Å². The molecule has 0 spiro atoms. The van der Waals surface area contributed by atoms with Crippen LogP contribution < -0.4 is 14.5 Å². The summed E-state index contributed by atoms with van der Waals surface area (Å²) in [5.74, 6) is 0.816. The van der Waals surface area contributed by atoms with Crippen LogP contribution in [0, 0.1) is 0 Å². The average Bonchev–Trinajstić information content (AvgIpc) is 3.77. The van der Waals surface area contributed by atoms with Crippen LogP contribution in [0.25, 0.3) is 54.6 Å². The zero-order valence-corrected chi connectivity index (χ0v) is 30.4. The van der Waals surface area contributed by atoms with Gasteiger partial charge in [-0.15, -0.1) is 0 Å². The van der Waals surface area contributed by atoms with E-state index in [1.165, 1.54) is 60.3 Å². The third-order valence-electron chi connectivity index (χ3n) is 11.5. The Balaban J connectivity index is 1.19. The molecule has 262 valence electrons. The first-order chi connectivity index (χ1) is 27.2. The third kappa shape index (κ3) is 4.92. The Morgan fingerprint density at radius 2 is 1.25 bits per heavy atom. The SMILES string of the molecule is COc1cccc(N(c2cccc3c2C2=CC=CCC2N3c2ccc3ccccc3c2)c2cccc3c2c2ccccc2n3-c2ccc3ccccc3c2)c1. The minimum absolute atomic E-state index is 0.181. The van der Waals surface area contributed by atoms with Gasteiger partial charge in [0.15, 0.2) is 0 Å². The molecule has 4 nitrogen and oxygen atoms in total. The molecule has 11 rings (SSSR count). The molecule has 1 atom stereocenters. The molecule has 0 amide bonds. The molecule has 0 N–H and O–H groups in total. The molecule has 1 unspecified atom stereocenters. The van der Waals surface area contributed by atoms with Crippen LogP contribution in [0.2, 0.25) is 0 Å². The molecule has 55 heavy (non-hydrogen) atoms. The van der Waals surface area contributed by atoms with Crippen LogP contribution in [0.5, 0.6) is 5.75 Å². The number of benzene rings is 8. The number of fused-ring (bicyclic) bond motifs is 8. The van der Waals surface area contributed by atoms with Crippen molar-refractivity contribution in [1.82, 2.24) is 4.57 Å². The second-order valence-corrected chi connectivity index (χ2v) is 14.5. The average molecular weight is 708 g/mol. The molecule has 2 heterocycles. The molecule has 1 aliphatic carbocycles. The molecular weight excluding hydrogens is 671 g/mol. The monoisotopic (exact) mass is 707 g/mol. The fourth-order valence-corrected chi connectivity index (χ4v) is 9.07. The van der Waals surface area contributed by atoms with E-state index in [0.717, 1.165) is 40.4 Å². The molecular formula is C51H37N3O. The van der Waals surface area contributed by atoms with Crippen molar-refractivity contribution in [3.8, 4) is 11.4 Å². The number of anilines is 5. The zero-order valence-electron chi connectivity index (χ0n) is 30.4. The molecule has 0 saturated heterocycles. The predicted molar refractivity (Wildman–Crippen MR) is 231 cm³/mol. The number of rotatable bonds is 6. The van der Waals surface area contributed by atoms with E-state index in [9.17, 15) is 0 Å².